The lowest BCUT2D eigenvalue weighted by atomic mass is 9.89. The predicted octanol–water partition coefficient (Wildman–Crippen LogP) is 1.75. The minimum atomic E-state index is -1.07. The Morgan fingerprint density at radius 1 is 1.30 bits per heavy atom. The maximum Gasteiger partial charge on any atom is 0.322 e. The van der Waals surface area contributed by atoms with Crippen molar-refractivity contribution in [2.75, 3.05) is 31.1 Å². The van der Waals surface area contributed by atoms with Crippen LogP contribution in [0.3, 0.4) is 0 Å². The number of imide groups is 1. The number of hydrogen-bond donors (Lipinski definition) is 2. The first-order valence-electron chi connectivity index (χ1n) is 8.82. The van der Waals surface area contributed by atoms with E-state index in [1.54, 1.807) is 30.9 Å². The van der Waals surface area contributed by atoms with Crippen LogP contribution in [-0.2, 0) is 9.59 Å². The topological polar surface area (TPSA) is 81.8 Å². The summed E-state index contributed by atoms with van der Waals surface area (Å²) in [6, 6.07) is 4.05. The average Bonchev–Trinajstić information content (AvgIpc) is 2.88. The number of anilines is 1. The first kappa shape index (κ1) is 19.4. The fraction of sp³-hybridized carbons (Fsp3) is 0.500. The van der Waals surface area contributed by atoms with Crippen molar-refractivity contribution in [3.8, 4) is 0 Å². The Hall–Kier alpha value is -2.35. The quantitative estimate of drug-likeness (QED) is 0.760. The molecule has 0 bridgehead atoms. The molecule has 0 saturated carbocycles. The van der Waals surface area contributed by atoms with Crippen molar-refractivity contribution in [3.63, 3.8) is 0 Å². The molecule has 27 heavy (non-hydrogen) atoms. The standard InChI is InChI=1S/C18H22ClFN4O3/c1-11(10-18(2)16(26)21-17(27)22-18)15(25)24-7-5-23(6-8-24)12-3-4-14(20)13(19)9-12/h3-4,9,11H,5-8,10H2,1-2H3,(H2,21,22,26,27)/t11?,18-/m1/s1. The highest BCUT2D eigenvalue weighted by Gasteiger charge is 2.44. The van der Waals surface area contributed by atoms with E-state index in [9.17, 15) is 18.8 Å². The Morgan fingerprint density at radius 3 is 2.52 bits per heavy atom. The van der Waals surface area contributed by atoms with Crippen LogP contribution in [0.5, 0.6) is 0 Å². The lowest BCUT2D eigenvalue weighted by Gasteiger charge is -2.38. The van der Waals surface area contributed by atoms with E-state index in [2.05, 4.69) is 10.6 Å². The molecule has 2 heterocycles. The Kier molecular flexibility index (Phi) is 5.28. The SMILES string of the molecule is CC(C[C@@]1(C)NC(=O)NC1=O)C(=O)N1CCN(c2ccc(F)c(Cl)c2)CC1. The van der Waals surface area contributed by atoms with E-state index >= 15 is 0 Å². The highest BCUT2D eigenvalue weighted by molar-refractivity contribution is 6.31. The first-order chi connectivity index (χ1) is 12.7. The van der Waals surface area contributed by atoms with Crippen LogP contribution in [0.2, 0.25) is 5.02 Å². The van der Waals surface area contributed by atoms with Crippen molar-refractivity contribution in [1.29, 1.82) is 0 Å². The first-order valence-corrected chi connectivity index (χ1v) is 9.20. The molecule has 2 atom stereocenters. The minimum Gasteiger partial charge on any atom is -0.368 e. The summed E-state index contributed by atoms with van der Waals surface area (Å²) in [5.41, 5.74) is -0.252. The third-order valence-electron chi connectivity index (χ3n) is 5.11. The summed E-state index contributed by atoms with van der Waals surface area (Å²) in [5.74, 6) is -1.34. The van der Waals surface area contributed by atoms with Crippen molar-refractivity contribution in [1.82, 2.24) is 15.5 Å². The predicted molar refractivity (Wildman–Crippen MR) is 99.1 cm³/mol. The van der Waals surface area contributed by atoms with Crippen LogP contribution >= 0.6 is 11.6 Å². The molecule has 4 amide bonds. The number of nitrogens with one attached hydrogen (secondary N) is 2. The summed E-state index contributed by atoms with van der Waals surface area (Å²) < 4.78 is 13.3. The lowest BCUT2D eigenvalue weighted by Crippen LogP contribution is -2.52. The van der Waals surface area contributed by atoms with Crippen molar-refractivity contribution in [3.05, 3.63) is 29.0 Å². The zero-order valence-corrected chi connectivity index (χ0v) is 16.0. The molecule has 9 heteroatoms. The average molecular weight is 397 g/mol. The highest BCUT2D eigenvalue weighted by atomic mass is 35.5. The maximum absolute atomic E-state index is 13.3. The number of halogens is 2. The summed E-state index contributed by atoms with van der Waals surface area (Å²) in [5, 5.41) is 4.86. The summed E-state index contributed by atoms with van der Waals surface area (Å²) >= 11 is 5.84. The minimum absolute atomic E-state index is 0.0537. The molecule has 1 aromatic carbocycles. The highest BCUT2D eigenvalue weighted by Crippen LogP contribution is 2.25. The Morgan fingerprint density at radius 2 is 1.96 bits per heavy atom. The zero-order valence-electron chi connectivity index (χ0n) is 15.2. The number of piperazine rings is 1. The normalized spacial score (nSPS) is 23.9. The maximum atomic E-state index is 13.3. The van der Waals surface area contributed by atoms with Crippen LogP contribution in [0.15, 0.2) is 18.2 Å². The molecule has 0 aliphatic carbocycles. The second-order valence-corrected chi connectivity index (χ2v) is 7.66. The third kappa shape index (κ3) is 4.00. The van der Waals surface area contributed by atoms with Crippen molar-refractivity contribution in [2.24, 2.45) is 5.92 Å². The number of hydrogen-bond acceptors (Lipinski definition) is 4. The number of urea groups is 1. The fourth-order valence-corrected chi connectivity index (χ4v) is 3.78. The van der Waals surface area contributed by atoms with Crippen molar-refractivity contribution < 1.29 is 18.8 Å². The molecule has 2 aliphatic heterocycles. The molecular weight excluding hydrogens is 375 g/mol. The molecule has 2 N–H and O–H groups in total. The van der Waals surface area contributed by atoms with Gasteiger partial charge in [0, 0.05) is 37.8 Å². The van der Waals surface area contributed by atoms with Gasteiger partial charge in [-0.05, 0) is 31.5 Å². The molecule has 1 unspecified atom stereocenters. The number of amides is 4. The Bertz CT molecular complexity index is 782. The van der Waals surface area contributed by atoms with Gasteiger partial charge in [0.15, 0.2) is 0 Å². The smallest absolute Gasteiger partial charge is 0.322 e. The number of carbonyl (C=O) groups is 3. The van der Waals surface area contributed by atoms with Crippen LogP contribution in [0.4, 0.5) is 14.9 Å². The van der Waals surface area contributed by atoms with Gasteiger partial charge < -0.3 is 15.1 Å². The van der Waals surface area contributed by atoms with Crippen molar-refractivity contribution in [2.45, 2.75) is 25.8 Å². The monoisotopic (exact) mass is 396 g/mol. The molecular formula is C18H22ClFN4O3. The second kappa shape index (κ2) is 7.34. The molecule has 0 radical (unpaired) electrons. The number of nitrogens with zero attached hydrogens (tertiary/aromatic N) is 2. The van der Waals surface area contributed by atoms with Crippen LogP contribution in [0.1, 0.15) is 20.3 Å². The third-order valence-corrected chi connectivity index (χ3v) is 5.40. The Balaban J connectivity index is 1.57. The number of rotatable bonds is 4. The van der Waals surface area contributed by atoms with Crippen LogP contribution in [0, 0.1) is 11.7 Å². The van der Waals surface area contributed by atoms with Gasteiger partial charge in [0.1, 0.15) is 11.4 Å². The van der Waals surface area contributed by atoms with E-state index in [0.29, 0.717) is 26.2 Å². The van der Waals surface area contributed by atoms with E-state index in [0.717, 1.165) is 5.69 Å². The van der Waals surface area contributed by atoms with Crippen molar-refractivity contribution >= 4 is 35.1 Å². The van der Waals surface area contributed by atoms with E-state index in [1.807, 2.05) is 4.90 Å². The van der Waals surface area contributed by atoms with Gasteiger partial charge in [-0.15, -0.1) is 0 Å². The van der Waals surface area contributed by atoms with Crippen LogP contribution in [-0.4, -0.2) is 54.5 Å². The molecule has 7 nitrogen and oxygen atoms in total. The molecule has 0 spiro atoms. The van der Waals surface area contributed by atoms with Gasteiger partial charge in [0.2, 0.25) is 5.91 Å². The van der Waals surface area contributed by atoms with E-state index in [1.165, 1.54) is 6.07 Å². The summed E-state index contributed by atoms with van der Waals surface area (Å²) in [7, 11) is 0. The lowest BCUT2D eigenvalue weighted by molar-refractivity contribution is -0.136. The molecule has 1 aromatic rings. The summed E-state index contributed by atoms with van der Waals surface area (Å²) in [6.07, 6.45) is 0.233. The van der Waals surface area contributed by atoms with Crippen LogP contribution < -0.4 is 15.5 Å². The van der Waals surface area contributed by atoms with Gasteiger partial charge in [-0.2, -0.15) is 0 Å². The molecule has 0 aromatic heterocycles. The fourth-order valence-electron chi connectivity index (χ4n) is 3.60. The van der Waals surface area contributed by atoms with Gasteiger partial charge in [0.05, 0.1) is 5.02 Å². The molecule has 2 aliphatic rings. The van der Waals surface area contributed by atoms with Gasteiger partial charge in [0.25, 0.3) is 5.91 Å². The summed E-state index contributed by atoms with van der Waals surface area (Å²) in [6.45, 7) is 5.63. The number of carbonyl (C=O) groups excluding carboxylic acids is 3. The second-order valence-electron chi connectivity index (χ2n) is 7.26. The van der Waals surface area contributed by atoms with Gasteiger partial charge in [-0.25, -0.2) is 9.18 Å². The van der Waals surface area contributed by atoms with Gasteiger partial charge in [-0.1, -0.05) is 18.5 Å². The van der Waals surface area contributed by atoms with Gasteiger partial charge >= 0.3 is 6.03 Å². The summed E-state index contributed by atoms with van der Waals surface area (Å²) in [4.78, 5) is 39.8. The van der Waals surface area contributed by atoms with Gasteiger partial charge in [-0.3, -0.25) is 14.9 Å². The zero-order chi connectivity index (χ0) is 19.8. The largest absolute Gasteiger partial charge is 0.368 e. The van der Waals surface area contributed by atoms with E-state index in [-0.39, 0.29) is 17.4 Å². The molecule has 3 rings (SSSR count). The Labute approximate surface area is 161 Å². The molecule has 2 fully saturated rings. The molecule has 146 valence electrons. The number of benzene rings is 1. The van der Waals surface area contributed by atoms with E-state index < -0.39 is 29.2 Å². The van der Waals surface area contributed by atoms with E-state index in [4.69, 9.17) is 11.6 Å². The molecule has 2 saturated heterocycles. The van der Waals surface area contributed by atoms with Crippen LogP contribution in [0.25, 0.3) is 0 Å².